The maximum Gasteiger partial charge on any atom is 0.261 e. The fraction of sp³-hybridized carbons (Fsp3) is 0.308. The molecule has 1 saturated heterocycles. The van der Waals surface area contributed by atoms with Crippen LogP contribution in [0.2, 0.25) is 5.02 Å². The lowest BCUT2D eigenvalue weighted by Gasteiger charge is -2.39. The molecule has 12 heteroatoms. The Balaban J connectivity index is 1.52. The highest BCUT2D eigenvalue weighted by Gasteiger charge is 2.43. The number of aromatic hydroxyl groups is 1. The zero-order chi connectivity index (χ0) is 26.7. The second-order valence-corrected chi connectivity index (χ2v) is 9.77. The molecule has 0 bridgehead atoms. The summed E-state index contributed by atoms with van der Waals surface area (Å²) >= 11 is 6.76. The van der Waals surface area contributed by atoms with Gasteiger partial charge in [-0.25, -0.2) is 9.37 Å². The Morgan fingerprint density at radius 3 is 2.84 bits per heavy atom. The van der Waals surface area contributed by atoms with E-state index >= 15 is 0 Å². The summed E-state index contributed by atoms with van der Waals surface area (Å²) in [6.45, 7) is 6.64. The molecule has 1 aromatic carbocycles. The van der Waals surface area contributed by atoms with Crippen LogP contribution in [-0.4, -0.2) is 69.1 Å². The molecule has 38 heavy (non-hydrogen) atoms. The van der Waals surface area contributed by atoms with Gasteiger partial charge in [-0.3, -0.25) is 9.59 Å². The van der Waals surface area contributed by atoms with Gasteiger partial charge in [-0.2, -0.15) is 0 Å². The van der Waals surface area contributed by atoms with Crippen LogP contribution >= 0.6 is 11.6 Å². The average molecular weight is 540 g/mol. The molecule has 6 rings (SSSR count). The molecule has 3 aromatic rings. The second kappa shape index (κ2) is 9.02. The molecular weight excluding hydrogens is 517 g/mol. The van der Waals surface area contributed by atoms with Crippen molar-refractivity contribution in [3.63, 3.8) is 0 Å². The predicted octanol–water partition coefficient (Wildman–Crippen LogP) is 3.55. The first-order chi connectivity index (χ1) is 18.3. The van der Waals surface area contributed by atoms with Gasteiger partial charge in [-0.05, 0) is 25.1 Å². The molecule has 3 aliphatic rings. The maximum absolute atomic E-state index is 15.0. The molecule has 1 unspecified atom stereocenters. The van der Waals surface area contributed by atoms with E-state index in [1.54, 1.807) is 16.0 Å². The number of anilines is 1. The van der Waals surface area contributed by atoms with E-state index in [2.05, 4.69) is 16.7 Å². The van der Waals surface area contributed by atoms with Crippen molar-refractivity contribution in [2.45, 2.75) is 25.6 Å². The van der Waals surface area contributed by atoms with E-state index in [0.29, 0.717) is 12.3 Å². The van der Waals surface area contributed by atoms with Gasteiger partial charge in [0.25, 0.3) is 5.91 Å². The Hall–Kier alpha value is -4.12. The Bertz CT molecular complexity index is 1470. The maximum atomic E-state index is 15.0. The minimum atomic E-state index is -0.730. The van der Waals surface area contributed by atoms with Crippen molar-refractivity contribution in [3.8, 4) is 22.8 Å². The number of piperazine rings is 1. The number of hydrogen-bond acceptors (Lipinski definition) is 8. The number of amides is 2. The SMILES string of the molecule is C=CC(=O)N1CCN2C(=O)c3c(N4Cc5oncc5C4C)nc(-c4c(O)cccc4F)c(Cl)c3OC[C@H]2C1. The molecular formula is C26H23ClFN5O5. The molecule has 3 aliphatic heterocycles. The van der Waals surface area contributed by atoms with Gasteiger partial charge in [0.05, 0.1) is 30.4 Å². The summed E-state index contributed by atoms with van der Waals surface area (Å²) in [5, 5.41) is 14.3. The number of nitrogens with zero attached hydrogens (tertiary/aromatic N) is 5. The van der Waals surface area contributed by atoms with E-state index in [4.69, 9.17) is 20.9 Å². The van der Waals surface area contributed by atoms with Crippen LogP contribution in [0.25, 0.3) is 11.3 Å². The number of carbonyl (C=O) groups is 2. The van der Waals surface area contributed by atoms with E-state index in [-0.39, 0.29) is 83.3 Å². The van der Waals surface area contributed by atoms with E-state index in [1.807, 2.05) is 11.8 Å². The Morgan fingerprint density at radius 1 is 1.29 bits per heavy atom. The highest BCUT2D eigenvalue weighted by atomic mass is 35.5. The van der Waals surface area contributed by atoms with Crippen molar-refractivity contribution in [2.75, 3.05) is 31.1 Å². The highest BCUT2D eigenvalue weighted by molar-refractivity contribution is 6.35. The normalized spacial score (nSPS) is 20.4. The topological polar surface area (TPSA) is 112 Å². The average Bonchev–Trinajstić information content (AvgIpc) is 3.46. The smallest absolute Gasteiger partial charge is 0.261 e. The van der Waals surface area contributed by atoms with Crippen LogP contribution in [-0.2, 0) is 11.3 Å². The molecule has 1 N–H and O–H groups in total. The minimum absolute atomic E-state index is 0.0455. The van der Waals surface area contributed by atoms with Crippen molar-refractivity contribution in [2.24, 2.45) is 0 Å². The van der Waals surface area contributed by atoms with Crippen LogP contribution in [0.5, 0.6) is 11.5 Å². The summed E-state index contributed by atoms with van der Waals surface area (Å²) in [6, 6.07) is 3.17. The lowest BCUT2D eigenvalue weighted by atomic mass is 10.0. The van der Waals surface area contributed by atoms with Gasteiger partial charge in [-0.1, -0.05) is 29.4 Å². The lowest BCUT2D eigenvalue weighted by Crippen LogP contribution is -2.57. The molecule has 1 fully saturated rings. The molecule has 0 aliphatic carbocycles. The summed E-state index contributed by atoms with van der Waals surface area (Å²) in [5.41, 5.74) is 0.709. The Kier molecular flexibility index (Phi) is 5.75. The number of halogens is 2. The Morgan fingerprint density at radius 2 is 2.11 bits per heavy atom. The number of aromatic nitrogens is 2. The molecule has 10 nitrogen and oxygen atoms in total. The predicted molar refractivity (Wildman–Crippen MR) is 135 cm³/mol. The number of hydrogen-bond donors (Lipinski definition) is 1. The standard InChI is InChI=1S/C26H23ClFN5O5/c1-3-19(35)31-7-8-32-14(10-31)12-37-24-21(26(32)36)25(33-11-18-15(13(33)2)9-29-38-18)30-23(22(24)27)20-16(28)5-4-6-17(20)34/h3-6,9,13-14,34H,1,7-8,10-12H2,2H3/t13?,14-/m1/s1. The zero-order valence-corrected chi connectivity index (χ0v) is 21.1. The third-order valence-corrected chi connectivity index (χ3v) is 7.70. The number of pyridine rings is 1. The first kappa shape index (κ1) is 24.2. The minimum Gasteiger partial charge on any atom is -0.507 e. The van der Waals surface area contributed by atoms with Crippen molar-refractivity contribution < 1.29 is 28.3 Å². The van der Waals surface area contributed by atoms with E-state index in [1.165, 1.54) is 24.3 Å². The second-order valence-electron chi connectivity index (χ2n) is 9.40. The molecule has 0 saturated carbocycles. The zero-order valence-electron chi connectivity index (χ0n) is 20.4. The van der Waals surface area contributed by atoms with Crippen LogP contribution < -0.4 is 9.64 Å². The van der Waals surface area contributed by atoms with Crippen LogP contribution in [0.4, 0.5) is 10.2 Å². The van der Waals surface area contributed by atoms with Gasteiger partial charge >= 0.3 is 0 Å². The molecule has 0 spiro atoms. The lowest BCUT2D eigenvalue weighted by molar-refractivity contribution is -0.128. The highest BCUT2D eigenvalue weighted by Crippen LogP contribution is 2.48. The van der Waals surface area contributed by atoms with E-state index in [0.717, 1.165) is 5.56 Å². The van der Waals surface area contributed by atoms with Crippen LogP contribution in [0.3, 0.4) is 0 Å². The van der Waals surface area contributed by atoms with E-state index in [9.17, 15) is 19.1 Å². The van der Waals surface area contributed by atoms with Gasteiger partial charge in [0.15, 0.2) is 11.5 Å². The molecule has 2 aromatic heterocycles. The fourth-order valence-electron chi connectivity index (χ4n) is 5.35. The van der Waals surface area contributed by atoms with E-state index < -0.39 is 11.9 Å². The number of benzene rings is 1. The third kappa shape index (κ3) is 3.60. The molecule has 0 radical (unpaired) electrons. The largest absolute Gasteiger partial charge is 0.507 e. The number of rotatable bonds is 3. The van der Waals surface area contributed by atoms with Crippen LogP contribution in [0.15, 0.2) is 41.6 Å². The summed E-state index contributed by atoms with van der Waals surface area (Å²) in [5.74, 6) is -0.797. The van der Waals surface area contributed by atoms with Crippen molar-refractivity contribution in [3.05, 3.63) is 64.8 Å². The van der Waals surface area contributed by atoms with Gasteiger partial charge in [0.1, 0.15) is 40.3 Å². The summed E-state index contributed by atoms with van der Waals surface area (Å²) in [4.78, 5) is 36.1. The number of phenolic OH excluding ortho intramolecular Hbond substituents is 1. The molecule has 2 atom stereocenters. The van der Waals surface area contributed by atoms with Gasteiger partial charge in [0, 0.05) is 25.2 Å². The summed E-state index contributed by atoms with van der Waals surface area (Å²) in [7, 11) is 0. The number of fused-ring (bicyclic) bond motifs is 3. The fourth-order valence-corrected chi connectivity index (χ4v) is 5.63. The summed E-state index contributed by atoms with van der Waals surface area (Å²) in [6.07, 6.45) is 2.85. The molecule has 5 heterocycles. The third-order valence-electron chi connectivity index (χ3n) is 7.35. The first-order valence-electron chi connectivity index (χ1n) is 12.1. The first-order valence-corrected chi connectivity index (χ1v) is 12.4. The van der Waals surface area contributed by atoms with Crippen LogP contribution in [0.1, 0.15) is 34.6 Å². The molecule has 196 valence electrons. The van der Waals surface area contributed by atoms with Gasteiger partial charge in [0.2, 0.25) is 5.91 Å². The van der Waals surface area contributed by atoms with Crippen molar-refractivity contribution in [1.29, 1.82) is 0 Å². The number of carbonyl (C=O) groups excluding carboxylic acids is 2. The summed E-state index contributed by atoms with van der Waals surface area (Å²) < 4.78 is 26.5. The number of phenols is 1. The molecule has 2 amide bonds. The van der Waals surface area contributed by atoms with Gasteiger partial charge in [-0.15, -0.1) is 0 Å². The van der Waals surface area contributed by atoms with Crippen LogP contribution in [0, 0.1) is 5.82 Å². The quantitative estimate of drug-likeness (QED) is 0.503. The monoisotopic (exact) mass is 539 g/mol. The van der Waals surface area contributed by atoms with Crippen molar-refractivity contribution in [1.82, 2.24) is 19.9 Å². The van der Waals surface area contributed by atoms with Gasteiger partial charge < -0.3 is 29.1 Å². The van der Waals surface area contributed by atoms with Crippen molar-refractivity contribution >= 4 is 29.2 Å². The Labute approximate surface area is 221 Å². The number of ether oxygens (including phenoxy) is 1.